The first-order chi connectivity index (χ1) is 6.90. The lowest BCUT2D eigenvalue weighted by Crippen LogP contribution is -2.43. The Morgan fingerprint density at radius 1 is 1.40 bits per heavy atom. The molecule has 0 radical (unpaired) electrons. The quantitative estimate of drug-likeness (QED) is 0.707. The van der Waals surface area contributed by atoms with Crippen LogP contribution in [-0.4, -0.2) is 17.2 Å². The molecule has 0 fully saturated rings. The summed E-state index contributed by atoms with van der Waals surface area (Å²) >= 11 is 0. The van der Waals surface area contributed by atoms with Gasteiger partial charge in [-0.05, 0) is 26.8 Å². The van der Waals surface area contributed by atoms with Gasteiger partial charge in [-0.1, -0.05) is 18.2 Å². The number of benzene rings is 1. The zero-order valence-electron chi connectivity index (χ0n) is 9.62. The SMILES string of the molecule is CC(NCC(C)(C)N)c1ccccc1O. The molecule has 0 saturated heterocycles. The van der Waals surface area contributed by atoms with E-state index >= 15 is 0 Å². The molecule has 1 aromatic rings. The summed E-state index contributed by atoms with van der Waals surface area (Å²) in [6.07, 6.45) is 0. The largest absolute Gasteiger partial charge is 0.508 e. The number of para-hydroxylation sites is 1. The molecule has 0 spiro atoms. The van der Waals surface area contributed by atoms with Crippen molar-refractivity contribution in [3.05, 3.63) is 29.8 Å². The third-order valence-corrected chi connectivity index (χ3v) is 2.27. The first-order valence-electron chi connectivity index (χ1n) is 5.20. The van der Waals surface area contributed by atoms with Gasteiger partial charge in [0.25, 0.3) is 0 Å². The number of phenols is 1. The van der Waals surface area contributed by atoms with E-state index in [4.69, 9.17) is 5.73 Å². The monoisotopic (exact) mass is 208 g/mol. The van der Waals surface area contributed by atoms with Gasteiger partial charge in [-0.3, -0.25) is 0 Å². The van der Waals surface area contributed by atoms with E-state index in [0.29, 0.717) is 12.3 Å². The maximum absolute atomic E-state index is 9.64. The second-order valence-corrected chi connectivity index (χ2v) is 4.65. The smallest absolute Gasteiger partial charge is 0.120 e. The molecule has 84 valence electrons. The molecule has 3 nitrogen and oxygen atoms in total. The molecule has 15 heavy (non-hydrogen) atoms. The van der Waals surface area contributed by atoms with E-state index in [1.165, 1.54) is 0 Å². The Labute approximate surface area is 91.3 Å². The van der Waals surface area contributed by atoms with E-state index < -0.39 is 0 Å². The van der Waals surface area contributed by atoms with Gasteiger partial charge in [0.15, 0.2) is 0 Å². The van der Waals surface area contributed by atoms with Gasteiger partial charge < -0.3 is 16.2 Å². The molecule has 0 aromatic heterocycles. The number of phenolic OH excluding ortho intramolecular Hbond substituents is 1. The fourth-order valence-electron chi connectivity index (χ4n) is 1.38. The predicted molar refractivity (Wildman–Crippen MR) is 62.8 cm³/mol. The lowest BCUT2D eigenvalue weighted by Gasteiger charge is -2.23. The highest BCUT2D eigenvalue weighted by Crippen LogP contribution is 2.23. The maximum Gasteiger partial charge on any atom is 0.120 e. The van der Waals surface area contributed by atoms with Crippen LogP contribution in [0, 0.1) is 0 Å². The Morgan fingerprint density at radius 2 is 2.00 bits per heavy atom. The average Bonchev–Trinajstić information content (AvgIpc) is 2.14. The average molecular weight is 208 g/mol. The number of hydrogen-bond acceptors (Lipinski definition) is 3. The standard InChI is InChI=1S/C12H20N2O/c1-9(14-8-12(2,3)13)10-6-4-5-7-11(10)15/h4-7,9,14-15H,8,13H2,1-3H3. The van der Waals surface area contributed by atoms with E-state index in [1.807, 2.05) is 39.0 Å². The van der Waals surface area contributed by atoms with Crippen molar-refractivity contribution < 1.29 is 5.11 Å². The minimum Gasteiger partial charge on any atom is -0.508 e. The summed E-state index contributed by atoms with van der Waals surface area (Å²) in [7, 11) is 0. The lowest BCUT2D eigenvalue weighted by molar-refractivity contribution is 0.417. The molecule has 1 unspecified atom stereocenters. The Kier molecular flexibility index (Phi) is 3.72. The van der Waals surface area contributed by atoms with Crippen LogP contribution in [0.25, 0.3) is 0 Å². The van der Waals surface area contributed by atoms with E-state index in [1.54, 1.807) is 6.07 Å². The Hall–Kier alpha value is -1.06. The predicted octanol–water partition coefficient (Wildman–Crippen LogP) is 1.78. The normalized spacial score (nSPS) is 13.9. The Bertz CT molecular complexity index is 318. The fourth-order valence-corrected chi connectivity index (χ4v) is 1.38. The molecule has 1 aromatic carbocycles. The minimum atomic E-state index is -0.237. The van der Waals surface area contributed by atoms with Crippen molar-refractivity contribution in [2.75, 3.05) is 6.54 Å². The highest BCUT2D eigenvalue weighted by Gasteiger charge is 2.14. The maximum atomic E-state index is 9.64. The minimum absolute atomic E-state index is 0.106. The summed E-state index contributed by atoms with van der Waals surface area (Å²) in [5.74, 6) is 0.326. The summed E-state index contributed by atoms with van der Waals surface area (Å²) < 4.78 is 0. The van der Waals surface area contributed by atoms with E-state index in [2.05, 4.69) is 5.32 Å². The molecular formula is C12H20N2O. The number of nitrogens with two attached hydrogens (primary N) is 1. The number of rotatable bonds is 4. The van der Waals surface area contributed by atoms with Crippen molar-refractivity contribution in [1.29, 1.82) is 0 Å². The van der Waals surface area contributed by atoms with Crippen LogP contribution >= 0.6 is 0 Å². The van der Waals surface area contributed by atoms with Crippen LogP contribution in [0.3, 0.4) is 0 Å². The van der Waals surface area contributed by atoms with Crippen molar-refractivity contribution in [3.8, 4) is 5.75 Å². The van der Waals surface area contributed by atoms with Gasteiger partial charge in [0.2, 0.25) is 0 Å². The Morgan fingerprint density at radius 3 is 2.53 bits per heavy atom. The molecule has 0 aliphatic rings. The van der Waals surface area contributed by atoms with Gasteiger partial charge in [-0.15, -0.1) is 0 Å². The lowest BCUT2D eigenvalue weighted by atomic mass is 10.0. The third kappa shape index (κ3) is 3.90. The van der Waals surface area contributed by atoms with Gasteiger partial charge in [0, 0.05) is 23.7 Å². The topological polar surface area (TPSA) is 58.3 Å². The second-order valence-electron chi connectivity index (χ2n) is 4.65. The third-order valence-electron chi connectivity index (χ3n) is 2.27. The van der Waals surface area contributed by atoms with Gasteiger partial charge in [-0.25, -0.2) is 0 Å². The van der Waals surface area contributed by atoms with Crippen LogP contribution in [0.4, 0.5) is 0 Å². The molecule has 0 amide bonds. The molecule has 4 N–H and O–H groups in total. The van der Waals surface area contributed by atoms with E-state index in [9.17, 15) is 5.11 Å². The molecular weight excluding hydrogens is 188 g/mol. The second kappa shape index (κ2) is 4.64. The highest BCUT2D eigenvalue weighted by atomic mass is 16.3. The molecule has 3 heteroatoms. The molecule has 0 aliphatic carbocycles. The Balaban J connectivity index is 2.62. The van der Waals surface area contributed by atoms with E-state index in [-0.39, 0.29) is 11.6 Å². The molecule has 0 aliphatic heterocycles. The molecule has 0 heterocycles. The molecule has 1 rings (SSSR count). The fraction of sp³-hybridized carbons (Fsp3) is 0.500. The van der Waals surface area contributed by atoms with Crippen LogP contribution in [0.2, 0.25) is 0 Å². The van der Waals surface area contributed by atoms with Gasteiger partial charge >= 0.3 is 0 Å². The van der Waals surface area contributed by atoms with Gasteiger partial charge in [-0.2, -0.15) is 0 Å². The summed E-state index contributed by atoms with van der Waals surface area (Å²) in [5, 5.41) is 12.9. The first-order valence-corrected chi connectivity index (χ1v) is 5.20. The molecule has 0 saturated carbocycles. The number of aromatic hydroxyl groups is 1. The zero-order chi connectivity index (χ0) is 11.5. The molecule has 1 atom stereocenters. The van der Waals surface area contributed by atoms with Crippen LogP contribution in [-0.2, 0) is 0 Å². The van der Waals surface area contributed by atoms with Gasteiger partial charge in [0.1, 0.15) is 5.75 Å². The van der Waals surface area contributed by atoms with Crippen LogP contribution in [0.5, 0.6) is 5.75 Å². The van der Waals surface area contributed by atoms with Crippen molar-refractivity contribution >= 4 is 0 Å². The van der Waals surface area contributed by atoms with Crippen LogP contribution in [0.15, 0.2) is 24.3 Å². The van der Waals surface area contributed by atoms with Crippen molar-refractivity contribution in [1.82, 2.24) is 5.32 Å². The highest BCUT2D eigenvalue weighted by molar-refractivity contribution is 5.34. The first kappa shape index (κ1) is 12.0. The van der Waals surface area contributed by atoms with Crippen LogP contribution < -0.4 is 11.1 Å². The zero-order valence-corrected chi connectivity index (χ0v) is 9.62. The van der Waals surface area contributed by atoms with Crippen molar-refractivity contribution in [2.45, 2.75) is 32.4 Å². The van der Waals surface area contributed by atoms with Crippen LogP contribution in [0.1, 0.15) is 32.4 Å². The summed E-state index contributed by atoms with van der Waals surface area (Å²) in [5.41, 5.74) is 6.54. The van der Waals surface area contributed by atoms with E-state index in [0.717, 1.165) is 5.56 Å². The van der Waals surface area contributed by atoms with Crippen molar-refractivity contribution in [3.63, 3.8) is 0 Å². The van der Waals surface area contributed by atoms with Gasteiger partial charge in [0.05, 0.1) is 0 Å². The van der Waals surface area contributed by atoms with Crippen molar-refractivity contribution in [2.24, 2.45) is 5.73 Å². The summed E-state index contributed by atoms with van der Waals surface area (Å²) in [6, 6.07) is 7.45. The number of nitrogens with one attached hydrogen (secondary N) is 1. The summed E-state index contributed by atoms with van der Waals surface area (Å²) in [4.78, 5) is 0. The summed E-state index contributed by atoms with van der Waals surface area (Å²) in [6.45, 7) is 6.67. The molecule has 0 bridgehead atoms. The number of hydrogen-bond donors (Lipinski definition) is 3.